The molecule has 0 fully saturated rings. The Morgan fingerprint density at radius 1 is 0.867 bits per heavy atom. The fourth-order valence-electron chi connectivity index (χ4n) is 3.43. The first-order valence-corrected chi connectivity index (χ1v) is 9.28. The zero-order valence-corrected chi connectivity index (χ0v) is 16.3. The van der Waals surface area contributed by atoms with E-state index in [-0.39, 0.29) is 0 Å². The van der Waals surface area contributed by atoms with Gasteiger partial charge in [-0.1, -0.05) is 18.2 Å². The van der Waals surface area contributed by atoms with Crippen molar-refractivity contribution in [3.05, 3.63) is 66.2 Å². The molecule has 7 nitrogen and oxygen atoms in total. The summed E-state index contributed by atoms with van der Waals surface area (Å²) in [4.78, 5) is 25.3. The van der Waals surface area contributed by atoms with Crippen molar-refractivity contribution in [2.75, 3.05) is 14.2 Å². The molecule has 0 saturated heterocycles. The molecule has 2 aromatic heterocycles. The first-order valence-electron chi connectivity index (χ1n) is 9.28. The van der Waals surface area contributed by atoms with Crippen molar-refractivity contribution in [2.45, 2.75) is 0 Å². The van der Waals surface area contributed by atoms with Crippen LogP contribution in [0.25, 0.3) is 33.1 Å². The molecule has 0 aliphatic heterocycles. The molecule has 0 saturated carbocycles. The van der Waals surface area contributed by atoms with E-state index in [9.17, 15) is 4.79 Å². The third-order valence-corrected chi connectivity index (χ3v) is 4.90. The summed E-state index contributed by atoms with van der Waals surface area (Å²) in [6, 6.07) is 18.0. The van der Waals surface area contributed by atoms with Gasteiger partial charge in [0.25, 0.3) is 0 Å². The second-order valence-corrected chi connectivity index (χ2v) is 6.70. The van der Waals surface area contributed by atoms with Gasteiger partial charge in [0.15, 0.2) is 17.1 Å². The Hall–Kier alpha value is -4.13. The Morgan fingerprint density at radius 2 is 1.70 bits per heavy atom. The minimum atomic E-state index is -0.503. The molecule has 0 bridgehead atoms. The molecule has 148 valence electrons. The van der Waals surface area contributed by atoms with Crippen molar-refractivity contribution in [1.82, 2.24) is 15.0 Å². The van der Waals surface area contributed by atoms with Gasteiger partial charge in [-0.25, -0.2) is 14.8 Å². The maximum atomic E-state index is 12.6. The van der Waals surface area contributed by atoms with Crippen LogP contribution in [0, 0.1) is 0 Å². The van der Waals surface area contributed by atoms with Gasteiger partial charge in [0.05, 0.1) is 30.8 Å². The molecule has 7 heteroatoms. The predicted molar refractivity (Wildman–Crippen MR) is 113 cm³/mol. The van der Waals surface area contributed by atoms with Gasteiger partial charge < -0.3 is 19.2 Å². The van der Waals surface area contributed by atoms with E-state index in [2.05, 4.69) is 9.97 Å². The summed E-state index contributed by atoms with van der Waals surface area (Å²) in [6.45, 7) is 0. The number of carbonyl (C=O) groups excluding carboxylic acids is 1. The van der Waals surface area contributed by atoms with Crippen LogP contribution in [0.2, 0.25) is 0 Å². The number of fused-ring (bicyclic) bond motifs is 4. The third kappa shape index (κ3) is 2.97. The van der Waals surface area contributed by atoms with Gasteiger partial charge >= 0.3 is 5.97 Å². The topological polar surface area (TPSA) is 86.3 Å². The Balaban J connectivity index is 1.50. The van der Waals surface area contributed by atoms with Crippen LogP contribution < -0.4 is 14.2 Å². The van der Waals surface area contributed by atoms with Gasteiger partial charge in [-0.2, -0.15) is 0 Å². The van der Waals surface area contributed by atoms with E-state index in [4.69, 9.17) is 19.2 Å². The van der Waals surface area contributed by atoms with Gasteiger partial charge in [0.2, 0.25) is 0 Å². The highest BCUT2D eigenvalue weighted by Gasteiger charge is 2.14. The summed E-state index contributed by atoms with van der Waals surface area (Å²) >= 11 is 0. The Kier molecular flexibility index (Phi) is 4.21. The van der Waals surface area contributed by atoms with Crippen molar-refractivity contribution in [3.63, 3.8) is 0 Å². The summed E-state index contributed by atoms with van der Waals surface area (Å²) in [5, 5.41) is 0.995. The van der Waals surface area contributed by atoms with Crippen molar-refractivity contribution in [2.24, 2.45) is 0 Å². The van der Waals surface area contributed by atoms with E-state index in [1.165, 1.54) is 14.2 Å². The zero-order valence-electron chi connectivity index (χ0n) is 16.3. The lowest BCUT2D eigenvalue weighted by atomic mass is 10.2. The van der Waals surface area contributed by atoms with E-state index < -0.39 is 5.97 Å². The van der Waals surface area contributed by atoms with Gasteiger partial charge in [-0.05, 0) is 36.4 Å². The van der Waals surface area contributed by atoms with Gasteiger partial charge in [0.1, 0.15) is 11.3 Å². The van der Waals surface area contributed by atoms with Crippen LogP contribution >= 0.6 is 0 Å². The molecule has 0 atom stereocenters. The number of nitrogens with one attached hydrogen (secondary N) is 1. The summed E-state index contributed by atoms with van der Waals surface area (Å²) < 4.78 is 16.0. The van der Waals surface area contributed by atoms with E-state index in [1.54, 1.807) is 36.4 Å². The summed E-state index contributed by atoms with van der Waals surface area (Å²) in [7, 11) is 3.05. The number of esters is 1. The number of aromatic nitrogens is 3. The van der Waals surface area contributed by atoms with Gasteiger partial charge in [-0.3, -0.25) is 0 Å². The van der Waals surface area contributed by atoms with Crippen LogP contribution in [-0.4, -0.2) is 35.1 Å². The summed E-state index contributed by atoms with van der Waals surface area (Å²) in [5.74, 6) is 0.878. The normalized spacial score (nSPS) is 11.1. The van der Waals surface area contributed by atoms with Crippen molar-refractivity contribution in [3.8, 4) is 17.2 Å². The maximum absolute atomic E-state index is 12.6. The second-order valence-electron chi connectivity index (χ2n) is 6.70. The largest absolute Gasteiger partial charge is 0.493 e. The molecule has 0 amide bonds. The van der Waals surface area contributed by atoms with E-state index in [0.717, 1.165) is 22.1 Å². The highest BCUT2D eigenvalue weighted by atomic mass is 16.5. The molecule has 2 heterocycles. The molecule has 5 aromatic rings. The van der Waals surface area contributed by atoms with E-state index in [0.29, 0.717) is 33.8 Å². The molecule has 0 aliphatic carbocycles. The number of carbonyl (C=O) groups is 1. The first kappa shape index (κ1) is 17.9. The fraction of sp³-hybridized carbons (Fsp3) is 0.0870. The lowest BCUT2D eigenvalue weighted by molar-refractivity contribution is 0.0734. The molecular formula is C23H17N3O4. The van der Waals surface area contributed by atoms with Crippen molar-refractivity contribution < 1.29 is 19.0 Å². The number of benzene rings is 3. The Morgan fingerprint density at radius 3 is 2.53 bits per heavy atom. The van der Waals surface area contributed by atoms with E-state index >= 15 is 0 Å². The SMILES string of the molecule is COc1ccc(C(=O)Oc2ccc3nc4[nH]c5ccccc5c4nc3c2)cc1OC. The average Bonchev–Trinajstić information content (AvgIpc) is 3.14. The van der Waals surface area contributed by atoms with Gasteiger partial charge in [-0.15, -0.1) is 0 Å². The molecule has 3 aromatic carbocycles. The number of ether oxygens (including phenoxy) is 3. The van der Waals surface area contributed by atoms with Crippen LogP contribution in [0.15, 0.2) is 60.7 Å². The second kappa shape index (κ2) is 7.04. The molecule has 1 N–H and O–H groups in total. The maximum Gasteiger partial charge on any atom is 0.343 e. The smallest absolute Gasteiger partial charge is 0.343 e. The number of para-hydroxylation sites is 1. The quantitative estimate of drug-likeness (QED) is 0.354. The molecular weight excluding hydrogens is 382 g/mol. The Bertz CT molecular complexity index is 1420. The minimum Gasteiger partial charge on any atom is -0.493 e. The third-order valence-electron chi connectivity index (χ3n) is 4.90. The summed E-state index contributed by atoms with van der Waals surface area (Å²) in [6.07, 6.45) is 0. The minimum absolute atomic E-state index is 0.353. The van der Waals surface area contributed by atoms with Crippen LogP contribution in [0.4, 0.5) is 0 Å². The van der Waals surface area contributed by atoms with Crippen LogP contribution in [0.5, 0.6) is 17.2 Å². The van der Waals surface area contributed by atoms with E-state index in [1.807, 2.05) is 24.3 Å². The van der Waals surface area contributed by atoms with Crippen LogP contribution in [-0.2, 0) is 0 Å². The van der Waals surface area contributed by atoms with Crippen molar-refractivity contribution >= 4 is 39.1 Å². The fourth-order valence-corrected chi connectivity index (χ4v) is 3.43. The highest BCUT2D eigenvalue weighted by molar-refractivity contribution is 6.05. The number of hydrogen-bond donors (Lipinski definition) is 1. The highest BCUT2D eigenvalue weighted by Crippen LogP contribution is 2.29. The lowest BCUT2D eigenvalue weighted by Gasteiger charge is -2.09. The molecule has 0 unspecified atom stereocenters. The molecule has 0 radical (unpaired) electrons. The number of hydrogen-bond acceptors (Lipinski definition) is 6. The van der Waals surface area contributed by atoms with Crippen molar-refractivity contribution in [1.29, 1.82) is 0 Å². The number of rotatable bonds is 4. The molecule has 5 rings (SSSR count). The zero-order chi connectivity index (χ0) is 20.7. The lowest BCUT2D eigenvalue weighted by Crippen LogP contribution is -2.09. The van der Waals surface area contributed by atoms with Crippen LogP contribution in [0.3, 0.4) is 0 Å². The Labute approximate surface area is 171 Å². The molecule has 0 spiro atoms. The standard InChI is InChI=1S/C23H17N3O4/c1-28-19-10-7-13(11-20(19)29-2)23(27)30-14-8-9-17-18(12-14)24-21-15-5-3-4-6-16(15)25-22(21)26-17/h3-12H,1-2H3,(H,25,26). The number of nitrogens with zero attached hydrogens (tertiary/aromatic N) is 2. The average molecular weight is 399 g/mol. The monoisotopic (exact) mass is 399 g/mol. The number of H-pyrrole nitrogens is 1. The van der Waals surface area contributed by atoms with Gasteiger partial charge in [0, 0.05) is 17.0 Å². The predicted octanol–water partition coefficient (Wildman–Crippen LogP) is 4.50. The van der Waals surface area contributed by atoms with Crippen LogP contribution in [0.1, 0.15) is 10.4 Å². The number of methoxy groups -OCH3 is 2. The molecule has 0 aliphatic rings. The molecule has 30 heavy (non-hydrogen) atoms. The first-order chi connectivity index (χ1) is 14.7. The summed E-state index contributed by atoms with van der Waals surface area (Å²) in [5.41, 5.74) is 4.18. The number of aromatic amines is 1.